The predicted molar refractivity (Wildman–Crippen MR) is 123 cm³/mol. The zero-order valence-electron chi connectivity index (χ0n) is 18.7. The monoisotopic (exact) mass is 496 g/mol. The number of nitrogens with zero attached hydrogens (tertiary/aromatic N) is 2. The van der Waals surface area contributed by atoms with Gasteiger partial charge in [0, 0.05) is 30.9 Å². The van der Waals surface area contributed by atoms with Gasteiger partial charge >= 0.3 is 0 Å². The fraction of sp³-hybridized carbons (Fsp3) is 0.333. The molecular formula is C21H26F2N6O4S. The molecule has 3 aromatic rings. The number of ether oxygens (including phenoxy) is 1. The van der Waals surface area contributed by atoms with E-state index in [9.17, 15) is 17.2 Å². The normalized spacial score (nSPS) is 11.3. The first-order valence-electron chi connectivity index (χ1n) is 10.5. The van der Waals surface area contributed by atoms with E-state index < -0.39 is 32.5 Å². The summed E-state index contributed by atoms with van der Waals surface area (Å²) in [6.45, 7) is 4.65. The molecule has 13 heteroatoms. The van der Waals surface area contributed by atoms with Crippen LogP contribution < -0.4 is 25.4 Å². The number of methoxy groups -OCH3 is 1. The molecular weight excluding hydrogens is 470 g/mol. The second-order valence-electron chi connectivity index (χ2n) is 7.13. The fourth-order valence-electron chi connectivity index (χ4n) is 3.07. The quantitative estimate of drug-likeness (QED) is 0.264. The summed E-state index contributed by atoms with van der Waals surface area (Å²) in [5.41, 5.74) is 1.39. The third-order valence-electron chi connectivity index (χ3n) is 4.78. The minimum atomic E-state index is -4.46. The molecule has 1 aromatic heterocycles. The minimum absolute atomic E-state index is 0.156. The van der Waals surface area contributed by atoms with Crippen LogP contribution in [0.25, 0.3) is 0 Å². The Hall–Kier alpha value is -3.45. The van der Waals surface area contributed by atoms with E-state index in [0.29, 0.717) is 18.4 Å². The highest BCUT2D eigenvalue weighted by Gasteiger charge is 2.23. The number of rotatable bonds is 13. The van der Waals surface area contributed by atoms with Crippen LogP contribution in [0.5, 0.6) is 5.75 Å². The van der Waals surface area contributed by atoms with Gasteiger partial charge in [-0.2, -0.15) is 4.98 Å². The molecule has 0 aliphatic rings. The van der Waals surface area contributed by atoms with Crippen molar-refractivity contribution in [3.8, 4) is 5.75 Å². The first-order valence-corrected chi connectivity index (χ1v) is 12.0. The predicted octanol–water partition coefficient (Wildman–Crippen LogP) is 3.18. The molecule has 34 heavy (non-hydrogen) atoms. The van der Waals surface area contributed by atoms with Crippen molar-refractivity contribution in [2.45, 2.75) is 24.8 Å². The highest BCUT2D eigenvalue weighted by molar-refractivity contribution is 7.92. The lowest BCUT2D eigenvalue weighted by atomic mass is 10.1. The molecule has 0 aliphatic carbocycles. The molecule has 0 saturated carbocycles. The number of anilines is 3. The summed E-state index contributed by atoms with van der Waals surface area (Å²) in [6, 6.07) is 6.76. The molecule has 0 unspecified atom stereocenters. The Kier molecular flexibility index (Phi) is 8.60. The van der Waals surface area contributed by atoms with Crippen molar-refractivity contribution < 1.29 is 26.5 Å². The third kappa shape index (κ3) is 6.54. The Labute approximate surface area is 196 Å². The lowest BCUT2D eigenvalue weighted by molar-refractivity contribution is 0.415. The molecule has 0 atom stereocenters. The minimum Gasteiger partial charge on any atom is -0.497 e. The number of nitrogens with one attached hydrogen (secondary N) is 4. The Morgan fingerprint density at radius 3 is 2.59 bits per heavy atom. The van der Waals surface area contributed by atoms with Gasteiger partial charge < -0.3 is 25.2 Å². The van der Waals surface area contributed by atoms with Crippen LogP contribution in [0.2, 0.25) is 0 Å². The average molecular weight is 497 g/mol. The highest BCUT2D eigenvalue weighted by atomic mass is 32.2. The van der Waals surface area contributed by atoms with Gasteiger partial charge in [0.25, 0.3) is 16.0 Å². The van der Waals surface area contributed by atoms with E-state index in [2.05, 4.69) is 30.6 Å². The van der Waals surface area contributed by atoms with Crippen LogP contribution >= 0.6 is 0 Å². The van der Waals surface area contributed by atoms with E-state index >= 15 is 0 Å². The van der Waals surface area contributed by atoms with Crippen LogP contribution in [0.3, 0.4) is 0 Å². The SMILES string of the molecule is CCNCCCNc1cc(OC)ccc1CNc1cc(F)c(S(=O)(=O)Nc2ncon2)cc1F. The van der Waals surface area contributed by atoms with E-state index in [1.54, 1.807) is 19.2 Å². The second-order valence-corrected chi connectivity index (χ2v) is 8.78. The van der Waals surface area contributed by atoms with Crippen molar-refractivity contribution >= 4 is 27.3 Å². The molecule has 0 aliphatic heterocycles. The maximum Gasteiger partial charge on any atom is 0.277 e. The summed E-state index contributed by atoms with van der Waals surface area (Å²) in [5, 5.41) is 12.7. The van der Waals surface area contributed by atoms with Crippen LogP contribution in [-0.4, -0.2) is 45.3 Å². The van der Waals surface area contributed by atoms with Gasteiger partial charge in [0.2, 0.25) is 6.39 Å². The Bertz CT molecular complexity index is 1190. The lowest BCUT2D eigenvalue weighted by Gasteiger charge is -2.16. The maximum absolute atomic E-state index is 14.7. The van der Waals surface area contributed by atoms with Gasteiger partial charge in [-0.05, 0) is 42.4 Å². The molecule has 10 nitrogen and oxygen atoms in total. The molecule has 0 fully saturated rings. The van der Waals surface area contributed by atoms with Crippen LogP contribution in [0, 0.1) is 11.6 Å². The van der Waals surface area contributed by atoms with Crippen molar-refractivity contribution in [1.29, 1.82) is 0 Å². The van der Waals surface area contributed by atoms with E-state index in [1.807, 2.05) is 17.7 Å². The van der Waals surface area contributed by atoms with Gasteiger partial charge in [0.1, 0.15) is 22.3 Å². The standard InChI is InChI=1S/C21H26F2N6O4S/c1-3-24-7-4-8-25-18-9-15(32-2)6-5-14(18)12-26-19-10-17(23)20(11-16(19)22)34(30,31)29-21-27-13-33-28-21/h5-6,9-11,13,24-26H,3-4,7-8,12H2,1-2H3,(H,28,29). The van der Waals surface area contributed by atoms with Gasteiger partial charge in [-0.15, -0.1) is 0 Å². The number of hydrogen-bond donors (Lipinski definition) is 4. The Morgan fingerprint density at radius 2 is 1.88 bits per heavy atom. The van der Waals surface area contributed by atoms with Crippen LogP contribution in [0.1, 0.15) is 18.9 Å². The van der Waals surface area contributed by atoms with Crippen molar-refractivity contribution in [1.82, 2.24) is 15.5 Å². The van der Waals surface area contributed by atoms with Gasteiger partial charge in [-0.1, -0.05) is 13.0 Å². The first-order chi connectivity index (χ1) is 16.3. The van der Waals surface area contributed by atoms with E-state index in [0.717, 1.165) is 43.2 Å². The van der Waals surface area contributed by atoms with E-state index in [4.69, 9.17) is 4.74 Å². The summed E-state index contributed by atoms with van der Waals surface area (Å²) in [5.74, 6) is -1.83. The largest absolute Gasteiger partial charge is 0.497 e. The van der Waals surface area contributed by atoms with Gasteiger partial charge in [-0.3, -0.25) is 0 Å². The number of halogens is 2. The van der Waals surface area contributed by atoms with Gasteiger partial charge in [0.05, 0.1) is 12.8 Å². The maximum atomic E-state index is 14.7. The van der Waals surface area contributed by atoms with Crippen molar-refractivity contribution in [3.05, 3.63) is 53.9 Å². The molecule has 0 amide bonds. The van der Waals surface area contributed by atoms with Crippen LogP contribution in [-0.2, 0) is 16.6 Å². The number of benzene rings is 2. The molecule has 0 bridgehead atoms. The second kappa shape index (κ2) is 11.6. The zero-order valence-corrected chi connectivity index (χ0v) is 19.5. The Morgan fingerprint density at radius 1 is 1.06 bits per heavy atom. The third-order valence-corrected chi connectivity index (χ3v) is 6.12. The highest BCUT2D eigenvalue weighted by Crippen LogP contribution is 2.27. The molecule has 0 saturated heterocycles. The van der Waals surface area contributed by atoms with Crippen molar-refractivity contribution in [2.24, 2.45) is 0 Å². The van der Waals surface area contributed by atoms with Crippen LogP contribution in [0.15, 0.2) is 46.1 Å². The van der Waals surface area contributed by atoms with E-state index in [1.165, 1.54) is 0 Å². The van der Waals surface area contributed by atoms with E-state index in [-0.39, 0.29) is 12.2 Å². The summed E-state index contributed by atoms with van der Waals surface area (Å²) in [7, 11) is -2.90. The number of hydrogen-bond acceptors (Lipinski definition) is 9. The lowest BCUT2D eigenvalue weighted by Crippen LogP contribution is -2.18. The zero-order chi connectivity index (χ0) is 24.6. The van der Waals surface area contributed by atoms with Crippen molar-refractivity contribution in [2.75, 3.05) is 42.1 Å². The van der Waals surface area contributed by atoms with Crippen molar-refractivity contribution in [3.63, 3.8) is 0 Å². The van der Waals surface area contributed by atoms with Gasteiger partial charge in [-0.25, -0.2) is 21.9 Å². The smallest absolute Gasteiger partial charge is 0.277 e. The van der Waals surface area contributed by atoms with Gasteiger partial charge in [0.15, 0.2) is 0 Å². The molecule has 0 spiro atoms. The molecule has 4 N–H and O–H groups in total. The summed E-state index contributed by atoms with van der Waals surface area (Å²) < 4.78 is 65.6. The number of sulfonamides is 1. The molecule has 1 heterocycles. The average Bonchev–Trinajstić information content (AvgIpc) is 3.31. The first kappa shape index (κ1) is 25.2. The topological polar surface area (TPSA) is 130 Å². The van der Waals surface area contributed by atoms with Crippen LogP contribution in [0.4, 0.5) is 26.1 Å². The molecule has 2 aromatic carbocycles. The Balaban J connectivity index is 1.73. The fourth-order valence-corrected chi connectivity index (χ4v) is 4.08. The number of aromatic nitrogens is 2. The summed E-state index contributed by atoms with van der Waals surface area (Å²) >= 11 is 0. The molecule has 0 radical (unpaired) electrons. The molecule has 3 rings (SSSR count). The summed E-state index contributed by atoms with van der Waals surface area (Å²) in [4.78, 5) is 2.62. The summed E-state index contributed by atoms with van der Waals surface area (Å²) in [6.07, 6.45) is 1.79. The molecule has 184 valence electrons.